The minimum atomic E-state index is 1.16. The van der Waals surface area contributed by atoms with Crippen molar-refractivity contribution in [3.63, 3.8) is 0 Å². The first-order valence-electron chi connectivity index (χ1n) is 1.90. The van der Waals surface area contributed by atoms with Gasteiger partial charge in [-0.3, -0.25) is 0 Å². The Morgan fingerprint density at radius 1 is 1.83 bits per heavy atom. The van der Waals surface area contributed by atoms with E-state index in [2.05, 4.69) is 11.1 Å². The van der Waals surface area contributed by atoms with Crippen molar-refractivity contribution >= 4 is 0 Å². The number of aromatic amines is 1. The van der Waals surface area contributed by atoms with Crippen molar-refractivity contribution in [2.45, 2.75) is 6.92 Å². The van der Waals surface area contributed by atoms with Gasteiger partial charge in [-0.2, -0.15) is 0 Å². The van der Waals surface area contributed by atoms with Crippen molar-refractivity contribution < 1.29 is 0 Å². The maximum atomic E-state index is 2.94. The molecule has 1 radical (unpaired) electrons. The van der Waals surface area contributed by atoms with E-state index in [1.165, 1.54) is 0 Å². The van der Waals surface area contributed by atoms with Crippen molar-refractivity contribution in [1.82, 2.24) is 4.98 Å². The summed E-state index contributed by atoms with van der Waals surface area (Å²) in [5.74, 6) is 0. The Morgan fingerprint density at radius 3 is 2.83 bits per heavy atom. The lowest BCUT2D eigenvalue weighted by Crippen LogP contribution is -1.59. The Balaban J connectivity index is 3.05. The average molecular weight is 80.1 g/mol. The molecule has 0 aromatic carbocycles. The zero-order valence-corrected chi connectivity index (χ0v) is 3.65. The van der Waals surface area contributed by atoms with Crippen LogP contribution in [0.1, 0.15) is 5.69 Å². The fourth-order valence-corrected chi connectivity index (χ4v) is 0.364. The van der Waals surface area contributed by atoms with Gasteiger partial charge in [-0.05, 0) is 13.0 Å². The quantitative estimate of drug-likeness (QED) is 0.480. The number of hydrogen-bond acceptors (Lipinski definition) is 0. The Morgan fingerprint density at radius 2 is 2.67 bits per heavy atom. The Bertz CT molecular complexity index is 107. The maximum Gasteiger partial charge on any atom is 0.0121 e. The summed E-state index contributed by atoms with van der Waals surface area (Å²) in [6.45, 7) is 2.00. The van der Waals surface area contributed by atoms with E-state index >= 15 is 0 Å². The van der Waals surface area contributed by atoms with E-state index in [0.717, 1.165) is 5.69 Å². The van der Waals surface area contributed by atoms with Crippen LogP contribution in [0.25, 0.3) is 0 Å². The van der Waals surface area contributed by atoms with Crippen LogP contribution in [-0.2, 0) is 0 Å². The molecule has 0 fully saturated rings. The van der Waals surface area contributed by atoms with Gasteiger partial charge in [-0.25, -0.2) is 0 Å². The Labute approximate surface area is 37.0 Å². The number of rotatable bonds is 0. The number of H-pyrrole nitrogens is 1. The second-order valence-electron chi connectivity index (χ2n) is 1.28. The van der Waals surface area contributed by atoms with Gasteiger partial charge in [0.25, 0.3) is 0 Å². The Hall–Kier alpha value is -0.720. The van der Waals surface area contributed by atoms with Gasteiger partial charge in [0.1, 0.15) is 0 Å². The molecule has 6 heavy (non-hydrogen) atoms. The molecule has 1 aromatic heterocycles. The van der Waals surface area contributed by atoms with Crippen molar-refractivity contribution in [1.29, 1.82) is 0 Å². The van der Waals surface area contributed by atoms with Crippen LogP contribution in [0.5, 0.6) is 0 Å². The van der Waals surface area contributed by atoms with E-state index in [0.29, 0.717) is 0 Å². The largest absolute Gasteiger partial charge is 0.365 e. The van der Waals surface area contributed by atoms with Gasteiger partial charge in [0.2, 0.25) is 0 Å². The van der Waals surface area contributed by atoms with Gasteiger partial charge in [0.05, 0.1) is 0 Å². The first-order valence-corrected chi connectivity index (χ1v) is 1.90. The molecule has 0 aliphatic rings. The summed E-state index contributed by atoms with van der Waals surface area (Å²) in [5.41, 5.74) is 1.16. The van der Waals surface area contributed by atoms with Crippen molar-refractivity contribution in [2.75, 3.05) is 0 Å². The molecule has 1 aromatic rings. The normalized spacial score (nSPS) is 8.83. The molecule has 0 atom stereocenters. The van der Waals surface area contributed by atoms with Crippen LogP contribution in [-0.4, -0.2) is 4.98 Å². The van der Waals surface area contributed by atoms with Crippen LogP contribution in [0.15, 0.2) is 12.3 Å². The molecule has 1 rings (SSSR count). The lowest BCUT2D eigenvalue weighted by molar-refractivity contribution is 1.27. The number of aryl methyl sites for hydroxylation is 1. The predicted molar refractivity (Wildman–Crippen MR) is 24.4 cm³/mol. The summed E-state index contributed by atoms with van der Waals surface area (Å²) >= 11 is 0. The van der Waals surface area contributed by atoms with Crippen LogP contribution in [0.4, 0.5) is 0 Å². The molecule has 1 heteroatoms. The van der Waals surface area contributed by atoms with Gasteiger partial charge >= 0.3 is 0 Å². The van der Waals surface area contributed by atoms with E-state index in [1.807, 2.05) is 13.0 Å². The van der Waals surface area contributed by atoms with E-state index in [9.17, 15) is 0 Å². The second-order valence-corrected chi connectivity index (χ2v) is 1.28. The molecule has 0 spiro atoms. The monoisotopic (exact) mass is 80.1 g/mol. The highest BCUT2D eigenvalue weighted by Crippen LogP contribution is 1.85. The SMILES string of the molecule is Cc1c[c]c[nH]1. The lowest BCUT2D eigenvalue weighted by atomic mass is 10.5. The minimum Gasteiger partial charge on any atom is -0.365 e. The van der Waals surface area contributed by atoms with Crippen molar-refractivity contribution in [3.8, 4) is 0 Å². The minimum absolute atomic E-state index is 1.16. The van der Waals surface area contributed by atoms with Gasteiger partial charge in [0, 0.05) is 18.0 Å². The fraction of sp³-hybridized carbons (Fsp3) is 0.200. The third-order valence-electron chi connectivity index (χ3n) is 0.683. The van der Waals surface area contributed by atoms with Crippen LogP contribution in [0, 0.1) is 13.0 Å². The van der Waals surface area contributed by atoms with Gasteiger partial charge < -0.3 is 4.98 Å². The van der Waals surface area contributed by atoms with Gasteiger partial charge in [-0.15, -0.1) is 0 Å². The van der Waals surface area contributed by atoms with E-state index in [1.54, 1.807) is 6.20 Å². The molecule has 1 heterocycles. The molecule has 0 unspecified atom stereocenters. The summed E-state index contributed by atoms with van der Waals surface area (Å²) < 4.78 is 0. The third-order valence-corrected chi connectivity index (χ3v) is 0.683. The van der Waals surface area contributed by atoms with Gasteiger partial charge in [-0.1, -0.05) is 0 Å². The van der Waals surface area contributed by atoms with Crippen molar-refractivity contribution in [2.24, 2.45) is 0 Å². The highest BCUT2D eigenvalue weighted by atomic mass is 14.7. The van der Waals surface area contributed by atoms with Crippen LogP contribution in [0.2, 0.25) is 0 Å². The van der Waals surface area contributed by atoms with Crippen molar-refractivity contribution in [3.05, 3.63) is 24.0 Å². The molecule has 1 N–H and O–H groups in total. The smallest absolute Gasteiger partial charge is 0.0121 e. The highest BCUT2D eigenvalue weighted by Gasteiger charge is 1.73. The predicted octanol–water partition coefficient (Wildman–Crippen LogP) is 1.12. The first kappa shape index (κ1) is 3.47. The molecular weight excluding hydrogens is 74.1 g/mol. The summed E-state index contributed by atoms with van der Waals surface area (Å²) in [6.07, 6.45) is 1.79. The average Bonchev–Trinajstić information content (AvgIpc) is 1.86. The number of aromatic nitrogens is 1. The summed E-state index contributed by atoms with van der Waals surface area (Å²) in [7, 11) is 0. The van der Waals surface area contributed by atoms with E-state index in [4.69, 9.17) is 0 Å². The standard InChI is InChI=1S/C5H6N/c1-5-3-2-4-6-5/h3-4,6H,1H3. The first-order chi connectivity index (χ1) is 2.89. The Kier molecular flexibility index (Phi) is 0.675. The molecule has 1 nitrogen and oxygen atoms in total. The van der Waals surface area contributed by atoms with Gasteiger partial charge in [0.15, 0.2) is 0 Å². The zero-order valence-electron chi connectivity index (χ0n) is 3.65. The van der Waals surface area contributed by atoms with E-state index < -0.39 is 0 Å². The molecule has 0 aliphatic heterocycles. The summed E-state index contributed by atoms with van der Waals surface area (Å²) in [4.78, 5) is 2.94. The van der Waals surface area contributed by atoms with Crippen LogP contribution < -0.4 is 0 Å². The summed E-state index contributed by atoms with van der Waals surface area (Å²) in [5, 5.41) is 0. The van der Waals surface area contributed by atoms with Crippen LogP contribution >= 0.6 is 0 Å². The second kappa shape index (κ2) is 1.17. The topological polar surface area (TPSA) is 15.8 Å². The lowest BCUT2D eigenvalue weighted by Gasteiger charge is -1.70. The van der Waals surface area contributed by atoms with E-state index in [-0.39, 0.29) is 0 Å². The molecule has 0 amide bonds. The van der Waals surface area contributed by atoms with Crippen LogP contribution in [0.3, 0.4) is 0 Å². The third kappa shape index (κ3) is 0.432. The number of nitrogens with one attached hydrogen (secondary N) is 1. The molecule has 0 aliphatic carbocycles. The molecule has 31 valence electrons. The maximum absolute atomic E-state index is 2.94. The molecule has 0 saturated carbocycles. The number of hydrogen-bond donors (Lipinski definition) is 1. The highest BCUT2D eigenvalue weighted by molar-refractivity contribution is 4.97. The molecule has 0 saturated heterocycles. The zero-order chi connectivity index (χ0) is 4.41. The molecular formula is C5H6N. The summed E-state index contributed by atoms with van der Waals surface area (Å²) in [6, 6.07) is 4.78. The molecule has 0 bridgehead atoms. The fourth-order valence-electron chi connectivity index (χ4n) is 0.364.